The molecule has 1 aliphatic heterocycles. The summed E-state index contributed by atoms with van der Waals surface area (Å²) in [6.07, 6.45) is 0. The van der Waals surface area contributed by atoms with E-state index in [0.717, 1.165) is 5.56 Å². The van der Waals surface area contributed by atoms with Crippen LogP contribution in [0, 0.1) is 0 Å². The SMILES string of the molecule is C[C@H]1N=C(C(=O)N(C)Cc2ccc(OC(F)F)cc2)NN(c2ccccc2)C1=O. The minimum atomic E-state index is -2.89. The van der Waals surface area contributed by atoms with E-state index in [-0.39, 0.29) is 24.0 Å². The van der Waals surface area contributed by atoms with Crippen molar-refractivity contribution in [3.05, 3.63) is 60.2 Å². The van der Waals surface area contributed by atoms with E-state index in [1.807, 2.05) is 6.07 Å². The first kappa shape index (κ1) is 20.2. The maximum absolute atomic E-state index is 12.8. The van der Waals surface area contributed by atoms with E-state index in [2.05, 4.69) is 15.2 Å². The van der Waals surface area contributed by atoms with Crippen LogP contribution in [0.5, 0.6) is 5.75 Å². The third-order valence-electron chi connectivity index (χ3n) is 4.25. The van der Waals surface area contributed by atoms with Crippen LogP contribution in [0.25, 0.3) is 0 Å². The number of carbonyl (C=O) groups excluding carboxylic acids is 2. The van der Waals surface area contributed by atoms with Gasteiger partial charge in [-0.1, -0.05) is 30.3 Å². The average Bonchev–Trinajstić information content (AvgIpc) is 2.71. The molecule has 9 heteroatoms. The number of halogens is 2. The van der Waals surface area contributed by atoms with Crippen LogP contribution in [0.2, 0.25) is 0 Å². The molecule has 2 aromatic carbocycles. The van der Waals surface area contributed by atoms with E-state index >= 15 is 0 Å². The highest BCUT2D eigenvalue weighted by Gasteiger charge is 2.31. The molecule has 0 saturated carbocycles. The second-order valence-corrected chi connectivity index (χ2v) is 6.46. The Hall–Kier alpha value is -3.49. The van der Waals surface area contributed by atoms with Gasteiger partial charge in [0.15, 0.2) is 0 Å². The average molecular weight is 402 g/mol. The van der Waals surface area contributed by atoms with Crippen LogP contribution >= 0.6 is 0 Å². The number of ether oxygens (including phenoxy) is 1. The van der Waals surface area contributed by atoms with Gasteiger partial charge in [0, 0.05) is 13.6 Å². The molecule has 1 atom stereocenters. The first-order valence-corrected chi connectivity index (χ1v) is 8.88. The molecular weight excluding hydrogens is 382 g/mol. The number of hydrazine groups is 1. The van der Waals surface area contributed by atoms with Gasteiger partial charge in [-0.05, 0) is 36.8 Å². The van der Waals surface area contributed by atoms with Crippen molar-refractivity contribution in [3.8, 4) is 5.75 Å². The van der Waals surface area contributed by atoms with Gasteiger partial charge in [0.2, 0.25) is 5.84 Å². The van der Waals surface area contributed by atoms with E-state index in [9.17, 15) is 18.4 Å². The predicted molar refractivity (Wildman–Crippen MR) is 104 cm³/mol. The summed E-state index contributed by atoms with van der Waals surface area (Å²) in [5.74, 6) is -0.591. The number of benzene rings is 2. The summed E-state index contributed by atoms with van der Waals surface area (Å²) < 4.78 is 28.8. The predicted octanol–water partition coefficient (Wildman–Crippen LogP) is 2.58. The normalized spacial score (nSPS) is 16.3. The number of likely N-dealkylation sites (N-methyl/N-ethyl adjacent to an activating group) is 1. The van der Waals surface area contributed by atoms with Crippen LogP contribution in [0.1, 0.15) is 12.5 Å². The Balaban J connectivity index is 1.70. The lowest BCUT2D eigenvalue weighted by Gasteiger charge is -2.31. The van der Waals surface area contributed by atoms with Crippen LogP contribution in [-0.4, -0.2) is 42.3 Å². The molecule has 3 rings (SSSR count). The number of aliphatic imine (C=N–C) groups is 1. The Labute approximate surface area is 166 Å². The molecular formula is C20H20F2N4O3. The third kappa shape index (κ3) is 4.87. The van der Waals surface area contributed by atoms with Crippen LogP contribution in [-0.2, 0) is 16.1 Å². The minimum absolute atomic E-state index is 0.0427. The first-order chi connectivity index (χ1) is 13.8. The lowest BCUT2D eigenvalue weighted by molar-refractivity contribution is -0.124. The highest BCUT2D eigenvalue weighted by Crippen LogP contribution is 2.18. The molecule has 0 radical (unpaired) electrons. The number of nitrogens with one attached hydrogen (secondary N) is 1. The summed E-state index contributed by atoms with van der Waals surface area (Å²) in [5.41, 5.74) is 4.11. The standard InChI is InChI=1S/C20H20F2N4O3/c1-13-18(27)26(15-6-4-3-5-7-15)24-17(23-13)19(28)25(2)12-14-8-10-16(11-9-14)29-20(21)22/h3-11,13,20H,12H2,1-2H3,(H,23,24)/t13-/m1/s1. The Bertz CT molecular complexity index is 904. The molecule has 29 heavy (non-hydrogen) atoms. The molecule has 152 valence electrons. The maximum Gasteiger partial charge on any atom is 0.387 e. The van der Waals surface area contributed by atoms with Gasteiger partial charge in [-0.15, -0.1) is 0 Å². The second kappa shape index (κ2) is 8.68. The van der Waals surface area contributed by atoms with Crippen molar-refractivity contribution in [2.24, 2.45) is 4.99 Å². The summed E-state index contributed by atoms with van der Waals surface area (Å²) in [6, 6.07) is 14.2. The fourth-order valence-corrected chi connectivity index (χ4v) is 2.80. The third-order valence-corrected chi connectivity index (χ3v) is 4.25. The van der Waals surface area contributed by atoms with Crippen LogP contribution in [0.4, 0.5) is 14.5 Å². The van der Waals surface area contributed by atoms with Crippen LogP contribution in [0.3, 0.4) is 0 Å². The largest absolute Gasteiger partial charge is 0.435 e. The maximum atomic E-state index is 12.8. The number of para-hydroxylation sites is 1. The highest BCUT2D eigenvalue weighted by atomic mass is 19.3. The van der Waals surface area contributed by atoms with Gasteiger partial charge in [-0.25, -0.2) is 10.0 Å². The van der Waals surface area contributed by atoms with Gasteiger partial charge in [-0.3, -0.25) is 15.0 Å². The molecule has 1 aliphatic rings. The highest BCUT2D eigenvalue weighted by molar-refractivity contribution is 6.39. The number of hydrogen-bond acceptors (Lipinski definition) is 5. The zero-order chi connectivity index (χ0) is 21.0. The Morgan fingerprint density at radius 2 is 1.86 bits per heavy atom. The molecule has 2 aromatic rings. The second-order valence-electron chi connectivity index (χ2n) is 6.46. The lowest BCUT2D eigenvalue weighted by Crippen LogP contribution is -2.58. The number of hydrogen-bond donors (Lipinski definition) is 1. The fraction of sp³-hybridized carbons (Fsp3) is 0.250. The topological polar surface area (TPSA) is 74.2 Å². The summed E-state index contributed by atoms with van der Waals surface area (Å²) in [7, 11) is 1.59. The van der Waals surface area contributed by atoms with Crippen molar-refractivity contribution in [2.45, 2.75) is 26.1 Å². The number of carbonyl (C=O) groups is 2. The molecule has 1 heterocycles. The number of alkyl halides is 2. The Kier molecular flexibility index (Phi) is 6.06. The van der Waals surface area contributed by atoms with Crippen molar-refractivity contribution in [1.29, 1.82) is 0 Å². The molecule has 0 saturated heterocycles. The van der Waals surface area contributed by atoms with E-state index in [0.29, 0.717) is 5.69 Å². The van der Waals surface area contributed by atoms with E-state index in [1.54, 1.807) is 50.4 Å². The van der Waals surface area contributed by atoms with Gasteiger partial charge < -0.3 is 9.64 Å². The van der Waals surface area contributed by atoms with Gasteiger partial charge >= 0.3 is 6.61 Å². The molecule has 0 aromatic heterocycles. The summed E-state index contributed by atoms with van der Waals surface area (Å²) >= 11 is 0. The van der Waals surface area contributed by atoms with Crippen molar-refractivity contribution < 1.29 is 23.1 Å². The van der Waals surface area contributed by atoms with Crippen molar-refractivity contribution in [3.63, 3.8) is 0 Å². The summed E-state index contributed by atoms with van der Waals surface area (Å²) in [4.78, 5) is 30.8. The lowest BCUT2D eigenvalue weighted by atomic mass is 10.2. The number of anilines is 1. The number of amidine groups is 1. The zero-order valence-corrected chi connectivity index (χ0v) is 15.9. The Morgan fingerprint density at radius 1 is 1.21 bits per heavy atom. The smallest absolute Gasteiger partial charge is 0.387 e. The minimum Gasteiger partial charge on any atom is -0.435 e. The van der Waals surface area contributed by atoms with Crippen molar-refractivity contribution >= 4 is 23.3 Å². The fourth-order valence-electron chi connectivity index (χ4n) is 2.80. The van der Waals surface area contributed by atoms with Gasteiger partial charge in [0.05, 0.1) is 5.69 Å². The molecule has 0 bridgehead atoms. The summed E-state index contributed by atoms with van der Waals surface area (Å²) in [6.45, 7) is -1.05. The van der Waals surface area contributed by atoms with Crippen molar-refractivity contribution in [1.82, 2.24) is 10.3 Å². The zero-order valence-electron chi connectivity index (χ0n) is 15.9. The molecule has 0 unspecified atom stereocenters. The van der Waals surface area contributed by atoms with Crippen LogP contribution in [0.15, 0.2) is 59.6 Å². The van der Waals surface area contributed by atoms with Gasteiger partial charge in [-0.2, -0.15) is 8.78 Å². The quantitative estimate of drug-likeness (QED) is 0.806. The number of rotatable bonds is 6. The van der Waals surface area contributed by atoms with Gasteiger partial charge in [0.1, 0.15) is 11.8 Å². The molecule has 2 amide bonds. The van der Waals surface area contributed by atoms with E-state index in [1.165, 1.54) is 22.0 Å². The molecule has 0 spiro atoms. The first-order valence-electron chi connectivity index (χ1n) is 8.88. The molecule has 7 nitrogen and oxygen atoms in total. The van der Waals surface area contributed by atoms with Gasteiger partial charge in [0.25, 0.3) is 11.8 Å². The number of amides is 2. The van der Waals surface area contributed by atoms with Crippen molar-refractivity contribution in [2.75, 3.05) is 12.1 Å². The molecule has 0 fully saturated rings. The van der Waals surface area contributed by atoms with E-state index in [4.69, 9.17) is 0 Å². The molecule has 1 N–H and O–H groups in total. The van der Waals surface area contributed by atoms with Crippen LogP contribution < -0.4 is 15.2 Å². The monoisotopic (exact) mass is 402 g/mol. The summed E-state index contributed by atoms with van der Waals surface area (Å²) in [5, 5.41) is 1.30. The Morgan fingerprint density at radius 3 is 2.48 bits per heavy atom. The van der Waals surface area contributed by atoms with E-state index < -0.39 is 18.6 Å². The molecule has 0 aliphatic carbocycles. The number of nitrogens with zero attached hydrogens (tertiary/aromatic N) is 3.